The van der Waals surface area contributed by atoms with E-state index in [4.69, 9.17) is 0 Å². The van der Waals surface area contributed by atoms with Crippen LogP contribution < -0.4 is 0 Å². The molecule has 0 saturated heterocycles. The van der Waals surface area contributed by atoms with Crippen molar-refractivity contribution < 1.29 is 0 Å². The van der Waals surface area contributed by atoms with Gasteiger partial charge in [0, 0.05) is 0 Å². The summed E-state index contributed by atoms with van der Waals surface area (Å²) in [4.78, 5) is 0. The lowest BCUT2D eigenvalue weighted by atomic mass is 9.71. The zero-order chi connectivity index (χ0) is 9.64. The second-order valence-corrected chi connectivity index (χ2v) is 6.43. The molecule has 0 heteroatoms. The van der Waals surface area contributed by atoms with Crippen molar-refractivity contribution in [3.63, 3.8) is 0 Å². The average molecular weight is 180 g/mol. The molecule has 0 aromatic carbocycles. The lowest BCUT2D eigenvalue weighted by molar-refractivity contribution is 0.154. The SMILES string of the molecule is CC(C)CC(C)(C)C1CCC2CC21. The largest absolute Gasteiger partial charge is 0.0628 e. The van der Waals surface area contributed by atoms with Gasteiger partial charge in [0.15, 0.2) is 0 Å². The molecule has 3 atom stereocenters. The van der Waals surface area contributed by atoms with Crippen LogP contribution in [-0.2, 0) is 0 Å². The van der Waals surface area contributed by atoms with Gasteiger partial charge in [-0.3, -0.25) is 0 Å². The van der Waals surface area contributed by atoms with Gasteiger partial charge in [0.05, 0.1) is 0 Å². The van der Waals surface area contributed by atoms with Gasteiger partial charge >= 0.3 is 0 Å². The molecule has 2 aliphatic rings. The quantitative estimate of drug-likeness (QED) is 0.613. The third-order valence-corrected chi connectivity index (χ3v) is 4.28. The molecule has 2 saturated carbocycles. The van der Waals surface area contributed by atoms with Gasteiger partial charge < -0.3 is 0 Å². The molecule has 0 N–H and O–H groups in total. The fourth-order valence-corrected chi connectivity index (χ4v) is 3.88. The summed E-state index contributed by atoms with van der Waals surface area (Å²) in [6.45, 7) is 9.72. The van der Waals surface area contributed by atoms with Gasteiger partial charge in [0.2, 0.25) is 0 Å². The van der Waals surface area contributed by atoms with Crippen molar-refractivity contribution in [3.8, 4) is 0 Å². The van der Waals surface area contributed by atoms with Crippen molar-refractivity contribution in [1.82, 2.24) is 0 Å². The van der Waals surface area contributed by atoms with Crippen LogP contribution in [0.25, 0.3) is 0 Å². The second-order valence-electron chi connectivity index (χ2n) is 6.43. The van der Waals surface area contributed by atoms with Crippen molar-refractivity contribution in [2.24, 2.45) is 29.1 Å². The molecule has 2 aliphatic carbocycles. The lowest BCUT2D eigenvalue weighted by Gasteiger charge is -2.34. The molecule has 0 nitrogen and oxygen atoms in total. The predicted octanol–water partition coefficient (Wildman–Crippen LogP) is 4.10. The summed E-state index contributed by atoms with van der Waals surface area (Å²) < 4.78 is 0. The summed E-state index contributed by atoms with van der Waals surface area (Å²) in [5.41, 5.74) is 0.615. The smallest absolute Gasteiger partial charge is 0.0321 e. The first-order chi connectivity index (χ1) is 6.00. The van der Waals surface area contributed by atoms with Crippen molar-refractivity contribution in [2.75, 3.05) is 0 Å². The first-order valence-corrected chi connectivity index (χ1v) is 6.00. The van der Waals surface area contributed by atoms with Crippen molar-refractivity contribution in [1.29, 1.82) is 0 Å². The third-order valence-electron chi connectivity index (χ3n) is 4.28. The molecule has 0 amide bonds. The van der Waals surface area contributed by atoms with E-state index in [2.05, 4.69) is 27.7 Å². The Labute approximate surface area is 83.1 Å². The molecule has 2 fully saturated rings. The van der Waals surface area contributed by atoms with Crippen LogP contribution in [0.5, 0.6) is 0 Å². The van der Waals surface area contributed by atoms with Crippen LogP contribution in [0.4, 0.5) is 0 Å². The van der Waals surface area contributed by atoms with Gasteiger partial charge in [-0.05, 0) is 54.8 Å². The molecule has 0 radical (unpaired) electrons. The van der Waals surface area contributed by atoms with E-state index in [0.717, 1.165) is 23.7 Å². The summed E-state index contributed by atoms with van der Waals surface area (Å²) >= 11 is 0. The Hall–Kier alpha value is 0. The van der Waals surface area contributed by atoms with Gasteiger partial charge in [-0.15, -0.1) is 0 Å². The number of hydrogen-bond acceptors (Lipinski definition) is 0. The minimum Gasteiger partial charge on any atom is -0.0628 e. The molecular weight excluding hydrogens is 156 g/mol. The van der Waals surface area contributed by atoms with Crippen LogP contribution in [0.1, 0.15) is 53.4 Å². The monoisotopic (exact) mass is 180 g/mol. The lowest BCUT2D eigenvalue weighted by Crippen LogP contribution is -2.25. The highest BCUT2D eigenvalue weighted by atomic mass is 14.6. The van der Waals surface area contributed by atoms with E-state index in [1.807, 2.05) is 0 Å². The molecule has 0 bridgehead atoms. The van der Waals surface area contributed by atoms with Crippen LogP contribution in [0.2, 0.25) is 0 Å². The molecule has 3 unspecified atom stereocenters. The molecule has 0 aromatic heterocycles. The molecule has 76 valence electrons. The predicted molar refractivity (Wildman–Crippen MR) is 57.6 cm³/mol. The normalized spacial score (nSPS) is 38.1. The Balaban J connectivity index is 1.97. The topological polar surface area (TPSA) is 0 Å². The van der Waals surface area contributed by atoms with Gasteiger partial charge in [-0.25, -0.2) is 0 Å². The van der Waals surface area contributed by atoms with Crippen LogP contribution >= 0.6 is 0 Å². The summed E-state index contributed by atoms with van der Waals surface area (Å²) in [5.74, 6) is 4.21. The van der Waals surface area contributed by atoms with Crippen LogP contribution in [0.15, 0.2) is 0 Å². The third kappa shape index (κ3) is 1.78. The minimum atomic E-state index is 0.615. The first-order valence-electron chi connectivity index (χ1n) is 6.00. The van der Waals surface area contributed by atoms with Crippen molar-refractivity contribution in [3.05, 3.63) is 0 Å². The average Bonchev–Trinajstić information content (AvgIpc) is 2.58. The number of hydrogen-bond donors (Lipinski definition) is 0. The summed E-state index contributed by atoms with van der Waals surface area (Å²) in [6, 6.07) is 0. The van der Waals surface area contributed by atoms with Crippen LogP contribution in [0, 0.1) is 29.1 Å². The maximum Gasteiger partial charge on any atom is -0.0321 e. The van der Waals surface area contributed by atoms with E-state index in [1.54, 1.807) is 6.42 Å². The molecule has 0 spiro atoms. The van der Waals surface area contributed by atoms with E-state index in [0.29, 0.717) is 5.41 Å². The van der Waals surface area contributed by atoms with E-state index in [9.17, 15) is 0 Å². The summed E-state index contributed by atoms with van der Waals surface area (Å²) in [6.07, 6.45) is 6.04. The summed E-state index contributed by atoms with van der Waals surface area (Å²) in [7, 11) is 0. The maximum atomic E-state index is 2.50. The molecule has 2 rings (SSSR count). The van der Waals surface area contributed by atoms with E-state index < -0.39 is 0 Å². The highest BCUT2D eigenvalue weighted by Crippen LogP contribution is 2.61. The van der Waals surface area contributed by atoms with Crippen LogP contribution in [-0.4, -0.2) is 0 Å². The van der Waals surface area contributed by atoms with E-state index >= 15 is 0 Å². The van der Waals surface area contributed by atoms with Crippen LogP contribution in [0.3, 0.4) is 0 Å². The van der Waals surface area contributed by atoms with Gasteiger partial charge in [0.1, 0.15) is 0 Å². The Bertz CT molecular complexity index is 190. The number of fused-ring (bicyclic) bond motifs is 1. The molecular formula is C13H24. The standard InChI is InChI=1S/C13H24/c1-9(2)8-13(3,4)12-6-5-10-7-11(10)12/h9-12H,5-8H2,1-4H3. The Morgan fingerprint density at radius 3 is 2.31 bits per heavy atom. The highest BCUT2D eigenvalue weighted by molar-refractivity contribution is 5.02. The van der Waals surface area contributed by atoms with E-state index in [1.165, 1.54) is 19.3 Å². The van der Waals surface area contributed by atoms with Crippen molar-refractivity contribution >= 4 is 0 Å². The minimum absolute atomic E-state index is 0.615. The molecule has 0 heterocycles. The number of rotatable bonds is 3. The first kappa shape index (κ1) is 9.55. The van der Waals surface area contributed by atoms with Crippen molar-refractivity contribution in [2.45, 2.75) is 53.4 Å². The Morgan fingerprint density at radius 2 is 1.92 bits per heavy atom. The fraction of sp³-hybridized carbons (Fsp3) is 1.00. The highest BCUT2D eigenvalue weighted by Gasteiger charge is 2.52. The summed E-state index contributed by atoms with van der Waals surface area (Å²) in [5, 5.41) is 0. The molecule has 13 heavy (non-hydrogen) atoms. The molecule has 0 aliphatic heterocycles. The van der Waals surface area contributed by atoms with Gasteiger partial charge in [0.25, 0.3) is 0 Å². The zero-order valence-electron chi connectivity index (χ0n) is 9.64. The van der Waals surface area contributed by atoms with Gasteiger partial charge in [-0.1, -0.05) is 27.7 Å². The Morgan fingerprint density at radius 1 is 1.23 bits per heavy atom. The Kier molecular flexibility index (Phi) is 2.20. The van der Waals surface area contributed by atoms with Gasteiger partial charge in [-0.2, -0.15) is 0 Å². The van der Waals surface area contributed by atoms with E-state index in [-0.39, 0.29) is 0 Å². The fourth-order valence-electron chi connectivity index (χ4n) is 3.88. The second kappa shape index (κ2) is 3.00. The molecule has 0 aromatic rings. The maximum absolute atomic E-state index is 2.50. The zero-order valence-corrected chi connectivity index (χ0v) is 9.64.